The van der Waals surface area contributed by atoms with Crippen LogP contribution in [0.3, 0.4) is 0 Å². The smallest absolute Gasteiger partial charge is 0.395 e. The van der Waals surface area contributed by atoms with Crippen LogP contribution in [0, 0.1) is 0 Å². The summed E-state index contributed by atoms with van der Waals surface area (Å²) >= 11 is 0.922. The first kappa shape index (κ1) is 18.8. The van der Waals surface area contributed by atoms with Gasteiger partial charge in [0, 0.05) is 28.1 Å². The maximum absolute atomic E-state index is 12.9. The fourth-order valence-electron chi connectivity index (χ4n) is 2.36. The number of hydrogen-bond acceptors (Lipinski definition) is 5. The van der Waals surface area contributed by atoms with Gasteiger partial charge in [0.05, 0.1) is 6.61 Å². The van der Waals surface area contributed by atoms with Gasteiger partial charge >= 0.3 is 6.18 Å². The summed E-state index contributed by atoms with van der Waals surface area (Å²) < 4.78 is 65.6. The monoisotopic (exact) mass is 405 g/mol. The van der Waals surface area contributed by atoms with Crippen LogP contribution in [-0.2, 0) is 16.2 Å². The Morgan fingerprint density at radius 2 is 2.08 bits per heavy atom. The van der Waals surface area contributed by atoms with Crippen molar-refractivity contribution < 1.29 is 26.7 Å². The summed E-state index contributed by atoms with van der Waals surface area (Å²) in [6.45, 7) is 1.16. The lowest BCUT2D eigenvalue weighted by Crippen LogP contribution is -2.34. The molecule has 11 heteroatoms. The van der Waals surface area contributed by atoms with Crippen LogP contribution in [0.15, 0.2) is 34.7 Å². The van der Waals surface area contributed by atoms with E-state index in [1.165, 1.54) is 31.3 Å². The van der Waals surface area contributed by atoms with Crippen LogP contribution in [-0.4, -0.2) is 36.1 Å². The molecule has 3 aromatic rings. The predicted octanol–water partition coefficient (Wildman–Crippen LogP) is 2.97. The largest absolute Gasteiger partial charge is 0.431 e. The molecule has 3 rings (SSSR count). The van der Waals surface area contributed by atoms with Crippen molar-refractivity contribution in [3.05, 3.63) is 36.2 Å². The van der Waals surface area contributed by atoms with E-state index in [1.807, 2.05) is 0 Å². The first-order chi connectivity index (χ1) is 12.1. The molecule has 0 spiro atoms. The summed E-state index contributed by atoms with van der Waals surface area (Å²) in [6.07, 6.45) is -3.18. The lowest BCUT2D eigenvalue weighted by molar-refractivity contribution is -0.140. The highest BCUT2D eigenvalue weighted by Gasteiger charge is 2.33. The molecular weight excluding hydrogens is 391 g/mol. The normalized spacial score (nSPS) is 14.0. The number of fused-ring (bicyclic) bond motifs is 1. The highest BCUT2D eigenvalue weighted by atomic mass is 32.2. The second kappa shape index (κ2) is 6.65. The van der Waals surface area contributed by atoms with Crippen LogP contribution in [0.25, 0.3) is 21.5 Å². The van der Waals surface area contributed by atoms with Gasteiger partial charge in [0.15, 0.2) is 0 Å². The topological polar surface area (TPSA) is 95.1 Å². The lowest BCUT2D eigenvalue weighted by Gasteiger charge is -2.09. The van der Waals surface area contributed by atoms with Crippen molar-refractivity contribution in [1.82, 2.24) is 14.7 Å². The minimum absolute atomic E-state index is 0.00402. The van der Waals surface area contributed by atoms with Gasteiger partial charge in [0.25, 0.3) is 0 Å². The molecule has 3 heterocycles. The Kier molecular flexibility index (Phi) is 4.82. The minimum atomic E-state index is -4.54. The summed E-state index contributed by atoms with van der Waals surface area (Å²) in [4.78, 5) is 6.61. The third-order valence-electron chi connectivity index (χ3n) is 3.58. The van der Waals surface area contributed by atoms with Gasteiger partial charge in [0.2, 0.25) is 10.0 Å². The van der Waals surface area contributed by atoms with Gasteiger partial charge in [-0.2, -0.15) is 13.2 Å². The highest BCUT2D eigenvalue weighted by Crippen LogP contribution is 2.37. The number of alkyl halides is 3. The molecule has 140 valence electrons. The quantitative estimate of drug-likeness (QED) is 0.608. The maximum atomic E-state index is 12.9. The zero-order chi connectivity index (χ0) is 19.1. The lowest BCUT2D eigenvalue weighted by atomic mass is 10.1. The zero-order valence-electron chi connectivity index (χ0n) is 13.3. The first-order valence-corrected chi connectivity index (χ1v) is 9.70. The van der Waals surface area contributed by atoms with Crippen LogP contribution >= 0.6 is 11.3 Å². The number of halogens is 3. The van der Waals surface area contributed by atoms with Crippen molar-refractivity contribution in [1.29, 1.82) is 0 Å². The maximum Gasteiger partial charge on any atom is 0.431 e. The van der Waals surface area contributed by atoms with Gasteiger partial charge in [-0.15, -0.1) is 11.3 Å². The number of aliphatic hydroxyl groups excluding tert-OH is 1. The number of thiophene rings is 1. The summed E-state index contributed by atoms with van der Waals surface area (Å²) in [6, 6.07) is 4.73. The summed E-state index contributed by atoms with van der Waals surface area (Å²) in [5.74, 6) is 0. The molecular formula is C15H14F3N3O3S2. The van der Waals surface area contributed by atoms with Gasteiger partial charge < -0.3 is 10.1 Å². The third-order valence-corrected chi connectivity index (χ3v) is 6.78. The van der Waals surface area contributed by atoms with Crippen molar-refractivity contribution in [2.24, 2.45) is 0 Å². The molecule has 1 atom stereocenters. The molecule has 6 nitrogen and oxygen atoms in total. The number of nitrogens with one attached hydrogen (secondary N) is 2. The van der Waals surface area contributed by atoms with Crippen LogP contribution in [0.4, 0.5) is 13.2 Å². The first-order valence-electron chi connectivity index (χ1n) is 7.40. The standard InChI is InChI=1S/C15H14F3N3O3S2/c1-8(7-22)21-26(23,24)13-3-2-11(25-13)9-4-5-19-14-10(9)6-12(20-14)15(16,17)18/h2-6,8,21-22H,7H2,1H3,(H,19,20)/t8-/m1/s1. The minimum Gasteiger partial charge on any atom is -0.395 e. The van der Waals surface area contributed by atoms with Crippen molar-refractivity contribution in [3.8, 4) is 10.4 Å². The van der Waals surface area contributed by atoms with E-state index >= 15 is 0 Å². The fraction of sp³-hybridized carbons (Fsp3) is 0.267. The number of sulfonamides is 1. The Labute approximate surface area is 150 Å². The van der Waals surface area contributed by atoms with Crippen molar-refractivity contribution in [3.63, 3.8) is 0 Å². The Bertz CT molecular complexity index is 1040. The molecule has 0 aromatic carbocycles. The number of pyridine rings is 1. The molecule has 26 heavy (non-hydrogen) atoms. The van der Waals surface area contributed by atoms with E-state index in [9.17, 15) is 21.6 Å². The van der Waals surface area contributed by atoms with Gasteiger partial charge in [-0.3, -0.25) is 0 Å². The van der Waals surface area contributed by atoms with Crippen LogP contribution in [0.1, 0.15) is 12.6 Å². The Morgan fingerprint density at radius 3 is 2.73 bits per heavy atom. The van der Waals surface area contributed by atoms with Gasteiger partial charge in [0.1, 0.15) is 15.6 Å². The average molecular weight is 405 g/mol. The third kappa shape index (κ3) is 3.61. The van der Waals surface area contributed by atoms with E-state index in [4.69, 9.17) is 5.11 Å². The van der Waals surface area contributed by atoms with E-state index in [0.717, 1.165) is 17.4 Å². The van der Waals surface area contributed by atoms with Gasteiger partial charge in [-0.1, -0.05) is 0 Å². The number of nitrogens with zero attached hydrogens (tertiary/aromatic N) is 1. The molecule has 0 fully saturated rings. The van der Waals surface area contributed by atoms with E-state index in [-0.39, 0.29) is 21.8 Å². The van der Waals surface area contributed by atoms with E-state index in [2.05, 4.69) is 14.7 Å². The number of aliphatic hydroxyl groups is 1. The second-order valence-corrected chi connectivity index (χ2v) is 8.65. The molecule has 0 amide bonds. The summed E-state index contributed by atoms with van der Waals surface area (Å²) in [5.41, 5.74) is -0.404. The summed E-state index contributed by atoms with van der Waals surface area (Å²) in [7, 11) is -3.83. The fourth-order valence-corrected chi connectivity index (χ4v) is 4.96. The van der Waals surface area contributed by atoms with E-state index < -0.39 is 27.9 Å². The number of aromatic amines is 1. The molecule has 0 aliphatic rings. The van der Waals surface area contributed by atoms with Gasteiger partial charge in [-0.25, -0.2) is 18.1 Å². The van der Waals surface area contributed by atoms with E-state index in [1.54, 1.807) is 0 Å². The number of H-pyrrole nitrogens is 1. The number of aromatic nitrogens is 2. The number of hydrogen-bond donors (Lipinski definition) is 3. The molecule has 3 N–H and O–H groups in total. The molecule has 3 aromatic heterocycles. The second-order valence-electron chi connectivity index (χ2n) is 5.63. The molecule has 0 aliphatic heterocycles. The predicted molar refractivity (Wildman–Crippen MR) is 91.3 cm³/mol. The Hall–Kier alpha value is -1.95. The van der Waals surface area contributed by atoms with Crippen molar-refractivity contribution in [2.45, 2.75) is 23.4 Å². The van der Waals surface area contributed by atoms with Crippen molar-refractivity contribution in [2.75, 3.05) is 6.61 Å². The highest BCUT2D eigenvalue weighted by molar-refractivity contribution is 7.91. The van der Waals surface area contributed by atoms with Gasteiger partial charge in [-0.05, 0) is 31.2 Å². The molecule has 0 saturated heterocycles. The molecule has 0 aliphatic carbocycles. The summed E-state index contributed by atoms with van der Waals surface area (Å²) in [5, 5.41) is 9.24. The SMILES string of the molecule is C[C@H](CO)NS(=O)(=O)c1ccc(-c2ccnc3[nH]c(C(F)(F)F)cc23)s1. The average Bonchev–Trinajstić information content (AvgIpc) is 3.20. The van der Waals surface area contributed by atoms with Crippen LogP contribution in [0.5, 0.6) is 0 Å². The molecule has 0 bridgehead atoms. The van der Waals surface area contributed by atoms with Crippen molar-refractivity contribution >= 4 is 32.4 Å². The number of rotatable bonds is 5. The molecule has 0 unspecified atom stereocenters. The zero-order valence-corrected chi connectivity index (χ0v) is 15.0. The van der Waals surface area contributed by atoms with Crippen LogP contribution in [0.2, 0.25) is 0 Å². The molecule has 0 radical (unpaired) electrons. The Morgan fingerprint density at radius 1 is 1.35 bits per heavy atom. The van der Waals surface area contributed by atoms with Crippen LogP contribution < -0.4 is 4.72 Å². The Balaban J connectivity index is 2.03. The van der Waals surface area contributed by atoms with E-state index in [0.29, 0.717) is 10.4 Å². The molecule has 0 saturated carbocycles.